The van der Waals surface area contributed by atoms with Crippen LogP contribution in [-0.4, -0.2) is 7.11 Å². The van der Waals surface area contributed by atoms with Gasteiger partial charge in [-0.05, 0) is 24.1 Å². The maximum absolute atomic E-state index is 9.40. The number of hydrogen-bond donors (Lipinski definition) is 0. The molecule has 0 heterocycles. The van der Waals surface area contributed by atoms with Gasteiger partial charge in [-0.3, -0.25) is 0 Å². The lowest BCUT2D eigenvalue weighted by Gasteiger charge is -2.10. The van der Waals surface area contributed by atoms with Crippen LogP contribution in [0, 0.1) is 11.3 Å². The SMILES string of the molecule is CCCCCCCCCCCCC(C#N)c1cccc(OC)c1. The summed E-state index contributed by atoms with van der Waals surface area (Å²) in [7, 11) is 1.67. The van der Waals surface area contributed by atoms with E-state index in [2.05, 4.69) is 13.0 Å². The molecule has 1 aromatic rings. The first-order valence-corrected chi connectivity index (χ1v) is 9.35. The van der Waals surface area contributed by atoms with Gasteiger partial charge in [-0.1, -0.05) is 83.3 Å². The fourth-order valence-electron chi connectivity index (χ4n) is 3.00. The van der Waals surface area contributed by atoms with Crippen LogP contribution in [0.15, 0.2) is 24.3 Å². The molecule has 2 nitrogen and oxygen atoms in total. The highest BCUT2D eigenvalue weighted by molar-refractivity contribution is 5.33. The van der Waals surface area contributed by atoms with Gasteiger partial charge in [0.1, 0.15) is 5.75 Å². The van der Waals surface area contributed by atoms with Gasteiger partial charge in [-0.15, -0.1) is 0 Å². The minimum Gasteiger partial charge on any atom is -0.497 e. The highest BCUT2D eigenvalue weighted by Crippen LogP contribution is 2.25. The Bertz CT molecular complexity index is 449. The maximum atomic E-state index is 9.40. The highest BCUT2D eigenvalue weighted by atomic mass is 16.5. The smallest absolute Gasteiger partial charge is 0.119 e. The molecule has 1 aromatic carbocycles. The van der Waals surface area contributed by atoms with Crippen LogP contribution in [0.2, 0.25) is 0 Å². The fourth-order valence-corrected chi connectivity index (χ4v) is 3.00. The van der Waals surface area contributed by atoms with Crippen molar-refractivity contribution in [3.8, 4) is 11.8 Å². The number of nitriles is 1. The van der Waals surface area contributed by atoms with Crippen molar-refractivity contribution in [1.29, 1.82) is 5.26 Å². The Kier molecular flexibility index (Phi) is 11.0. The first-order chi connectivity index (χ1) is 11.3. The van der Waals surface area contributed by atoms with Crippen molar-refractivity contribution in [1.82, 2.24) is 0 Å². The third kappa shape index (κ3) is 8.65. The van der Waals surface area contributed by atoms with Gasteiger partial charge in [0.25, 0.3) is 0 Å². The number of hydrogen-bond acceptors (Lipinski definition) is 2. The zero-order valence-corrected chi connectivity index (χ0v) is 15.0. The Morgan fingerprint density at radius 3 is 2.13 bits per heavy atom. The second kappa shape index (κ2) is 13.0. The van der Waals surface area contributed by atoms with Crippen molar-refractivity contribution in [3.05, 3.63) is 29.8 Å². The van der Waals surface area contributed by atoms with E-state index in [1.807, 2.05) is 24.3 Å². The van der Waals surface area contributed by atoms with Crippen LogP contribution in [0.25, 0.3) is 0 Å². The van der Waals surface area contributed by atoms with Crippen LogP contribution in [0.1, 0.15) is 89.0 Å². The second-order valence-corrected chi connectivity index (χ2v) is 6.43. The molecule has 1 atom stereocenters. The summed E-state index contributed by atoms with van der Waals surface area (Å²) < 4.78 is 5.25. The average Bonchev–Trinajstić information content (AvgIpc) is 2.60. The summed E-state index contributed by atoms with van der Waals surface area (Å²) in [6.07, 6.45) is 14.3. The lowest BCUT2D eigenvalue weighted by atomic mass is 9.94. The second-order valence-electron chi connectivity index (χ2n) is 6.43. The molecule has 0 aliphatic rings. The van der Waals surface area contributed by atoms with Gasteiger partial charge < -0.3 is 4.74 Å². The van der Waals surface area contributed by atoms with E-state index in [1.165, 1.54) is 57.8 Å². The zero-order valence-electron chi connectivity index (χ0n) is 15.0. The Morgan fingerprint density at radius 1 is 0.957 bits per heavy atom. The summed E-state index contributed by atoms with van der Waals surface area (Å²) in [5, 5.41) is 9.40. The van der Waals surface area contributed by atoms with Crippen LogP contribution in [0.4, 0.5) is 0 Å². The van der Waals surface area contributed by atoms with Crippen molar-refractivity contribution >= 4 is 0 Å². The van der Waals surface area contributed by atoms with Crippen molar-refractivity contribution in [3.63, 3.8) is 0 Å². The molecule has 1 unspecified atom stereocenters. The monoisotopic (exact) mass is 315 g/mol. The van der Waals surface area contributed by atoms with Gasteiger partial charge in [0.15, 0.2) is 0 Å². The van der Waals surface area contributed by atoms with E-state index in [-0.39, 0.29) is 5.92 Å². The molecule has 0 saturated heterocycles. The maximum Gasteiger partial charge on any atom is 0.119 e. The van der Waals surface area contributed by atoms with Crippen LogP contribution < -0.4 is 4.74 Å². The fraction of sp³-hybridized carbons (Fsp3) is 0.667. The van der Waals surface area contributed by atoms with Crippen molar-refractivity contribution in [2.24, 2.45) is 0 Å². The van der Waals surface area contributed by atoms with Gasteiger partial charge in [-0.2, -0.15) is 5.26 Å². The standard InChI is InChI=1S/C21H33NO/c1-3-4-5-6-7-8-9-10-11-12-14-20(18-22)19-15-13-16-21(17-19)23-2/h13,15-17,20H,3-12,14H2,1-2H3. The van der Waals surface area contributed by atoms with Crippen molar-refractivity contribution < 1.29 is 4.74 Å². The van der Waals surface area contributed by atoms with Crippen LogP contribution in [0.3, 0.4) is 0 Å². The largest absolute Gasteiger partial charge is 0.497 e. The summed E-state index contributed by atoms with van der Waals surface area (Å²) in [6, 6.07) is 10.4. The van der Waals surface area contributed by atoms with E-state index in [4.69, 9.17) is 4.74 Å². The Morgan fingerprint density at radius 2 is 1.57 bits per heavy atom. The summed E-state index contributed by atoms with van der Waals surface area (Å²) >= 11 is 0. The zero-order chi connectivity index (χ0) is 16.8. The number of ether oxygens (including phenoxy) is 1. The number of benzene rings is 1. The van der Waals surface area contributed by atoms with E-state index < -0.39 is 0 Å². The van der Waals surface area contributed by atoms with E-state index >= 15 is 0 Å². The quantitative estimate of drug-likeness (QED) is 0.383. The predicted molar refractivity (Wildman–Crippen MR) is 97.8 cm³/mol. The number of rotatable bonds is 13. The molecule has 0 N–H and O–H groups in total. The van der Waals surface area contributed by atoms with E-state index in [0.717, 1.165) is 24.2 Å². The van der Waals surface area contributed by atoms with Crippen molar-refractivity contribution in [2.75, 3.05) is 7.11 Å². The molecule has 0 radical (unpaired) electrons. The molecule has 23 heavy (non-hydrogen) atoms. The summed E-state index contributed by atoms with van der Waals surface area (Å²) in [5.41, 5.74) is 1.09. The highest BCUT2D eigenvalue weighted by Gasteiger charge is 2.10. The lowest BCUT2D eigenvalue weighted by Crippen LogP contribution is -1.97. The van der Waals surface area contributed by atoms with Gasteiger partial charge >= 0.3 is 0 Å². The molecule has 0 aliphatic carbocycles. The minimum atomic E-state index is -0.000793. The van der Waals surface area contributed by atoms with E-state index in [9.17, 15) is 5.26 Å². The third-order valence-corrected chi connectivity index (χ3v) is 4.50. The molecule has 0 saturated carbocycles. The van der Waals surface area contributed by atoms with Crippen LogP contribution in [0.5, 0.6) is 5.75 Å². The molecular weight excluding hydrogens is 282 g/mol. The third-order valence-electron chi connectivity index (χ3n) is 4.50. The van der Waals surface area contributed by atoms with Crippen molar-refractivity contribution in [2.45, 2.75) is 83.5 Å². The van der Waals surface area contributed by atoms with Crippen LogP contribution in [-0.2, 0) is 0 Å². The van der Waals surface area contributed by atoms with Gasteiger partial charge in [0.2, 0.25) is 0 Å². The number of methoxy groups -OCH3 is 1. The molecule has 0 spiro atoms. The Labute approximate surface area is 142 Å². The molecule has 1 rings (SSSR count). The molecule has 0 bridgehead atoms. The lowest BCUT2D eigenvalue weighted by molar-refractivity contribution is 0.414. The average molecular weight is 316 g/mol. The molecule has 0 amide bonds. The molecule has 0 fully saturated rings. The molecule has 0 aliphatic heterocycles. The normalized spacial score (nSPS) is 11.9. The van der Waals surface area contributed by atoms with Gasteiger partial charge in [-0.25, -0.2) is 0 Å². The topological polar surface area (TPSA) is 33.0 Å². The van der Waals surface area contributed by atoms with E-state index in [1.54, 1.807) is 7.11 Å². The van der Waals surface area contributed by atoms with Crippen LogP contribution >= 0.6 is 0 Å². The Balaban J connectivity index is 2.12. The number of nitrogens with zero attached hydrogens (tertiary/aromatic N) is 1. The summed E-state index contributed by atoms with van der Waals surface area (Å²) in [4.78, 5) is 0. The van der Waals surface area contributed by atoms with Gasteiger partial charge in [0.05, 0.1) is 19.1 Å². The molecular formula is C21H33NO. The Hall–Kier alpha value is -1.49. The van der Waals surface area contributed by atoms with Gasteiger partial charge in [0, 0.05) is 0 Å². The van der Waals surface area contributed by atoms with E-state index in [0.29, 0.717) is 0 Å². The molecule has 128 valence electrons. The first-order valence-electron chi connectivity index (χ1n) is 9.35. The number of unbranched alkanes of at least 4 members (excludes halogenated alkanes) is 9. The predicted octanol–water partition coefficient (Wildman–Crippen LogP) is 6.61. The minimum absolute atomic E-state index is 0.000793. The first kappa shape index (κ1) is 19.6. The summed E-state index contributed by atoms with van der Waals surface area (Å²) in [6.45, 7) is 2.26. The molecule has 2 heteroatoms. The molecule has 0 aromatic heterocycles. The summed E-state index contributed by atoms with van der Waals surface area (Å²) in [5.74, 6) is 0.838.